The molecule has 0 aliphatic carbocycles. The van der Waals surface area contributed by atoms with E-state index in [1.807, 2.05) is 71.6 Å². The molecule has 2 fully saturated rings. The molecule has 8 rings (SSSR count). The molecule has 0 aromatic heterocycles. The first kappa shape index (κ1) is 54.5. The van der Waals surface area contributed by atoms with Crippen LogP contribution in [-0.2, 0) is 22.7 Å². The predicted molar refractivity (Wildman–Crippen MR) is 269 cm³/mol. The number of aliphatic hydroxyl groups is 1. The summed E-state index contributed by atoms with van der Waals surface area (Å²) in [7, 11) is 0. The number of piperazine rings is 2. The Bertz CT molecular complexity index is 2390. The van der Waals surface area contributed by atoms with Gasteiger partial charge in [-0.05, 0) is 91.5 Å². The normalized spacial score (nSPS) is 13.1. The first-order valence-electron chi connectivity index (χ1n) is 22.4. The van der Waals surface area contributed by atoms with E-state index in [0.29, 0.717) is 77.2 Å². The Labute approximate surface area is 418 Å². The predicted octanol–water partition coefficient (Wildman–Crippen LogP) is 9.91. The van der Waals surface area contributed by atoms with Crippen LogP contribution in [0.25, 0.3) is 0 Å². The van der Waals surface area contributed by atoms with Gasteiger partial charge < -0.3 is 54.3 Å². The molecule has 0 atom stereocenters. The number of phenolic OH excluding ortho intramolecular Hbond substituents is 1. The summed E-state index contributed by atoms with van der Waals surface area (Å²) in [4.78, 5) is 4.07. The minimum Gasteiger partial charge on any atom is -0.508 e. The molecule has 0 saturated carbocycles. The van der Waals surface area contributed by atoms with Gasteiger partial charge in [0.25, 0.3) is 0 Å². The second-order valence-corrected chi connectivity index (χ2v) is 16.9. The van der Waals surface area contributed by atoms with Gasteiger partial charge in [0, 0.05) is 76.6 Å². The Kier molecular flexibility index (Phi) is 24.5. The zero-order valence-corrected chi connectivity index (χ0v) is 41.3. The van der Waals surface area contributed by atoms with Crippen LogP contribution in [0.1, 0.15) is 11.1 Å². The van der Waals surface area contributed by atoms with Gasteiger partial charge in [-0.1, -0.05) is 60.7 Å². The standard InChI is InChI=1S/C19H23FN2O2.C15H14BrFO2.C12H17FN2O2.C6H4BrFO/c20-18-14-17(6-7-19(18)22-10-8-21-9-11-22)24-13-12-23-15-16-4-2-1-3-5-16;16-14-7-6-13(10-15(14)17)19-9-8-18-11-12-4-2-1-3-5-12;13-11-9-10(17-8-7-16)1-2-12(11)15-5-3-14-4-6-15;7-5-2-1-4(9)3-6(5)8/h1-7,14,21H,8-13,15H2;1-7,10H,8-9,11H2;1-2,9,14,16H,3-8H2;1-3,9H. The lowest BCUT2D eigenvalue weighted by molar-refractivity contribution is 0.0888. The fraction of sp³-hybridized carbons (Fsp3) is 0.308. The highest BCUT2D eigenvalue weighted by atomic mass is 79.9. The Morgan fingerprint density at radius 2 is 0.855 bits per heavy atom. The summed E-state index contributed by atoms with van der Waals surface area (Å²) in [6.07, 6.45) is 0. The van der Waals surface area contributed by atoms with Crippen molar-refractivity contribution in [1.82, 2.24) is 10.6 Å². The molecule has 0 unspecified atom stereocenters. The van der Waals surface area contributed by atoms with Crippen LogP contribution in [0, 0.1) is 23.3 Å². The summed E-state index contributed by atoms with van der Waals surface area (Å²) in [5.41, 5.74) is 3.51. The molecule has 0 radical (unpaired) electrons. The number of nitrogens with zero attached hydrogens (tertiary/aromatic N) is 2. The van der Waals surface area contributed by atoms with Crippen molar-refractivity contribution in [2.24, 2.45) is 0 Å². The van der Waals surface area contributed by atoms with E-state index < -0.39 is 5.82 Å². The van der Waals surface area contributed by atoms with Gasteiger partial charge in [0.05, 0.1) is 53.4 Å². The number of halogens is 6. The van der Waals surface area contributed by atoms with Crippen LogP contribution in [0.5, 0.6) is 23.0 Å². The summed E-state index contributed by atoms with van der Waals surface area (Å²) in [5.74, 6) is 0.143. The second-order valence-electron chi connectivity index (χ2n) is 15.2. The van der Waals surface area contributed by atoms with Gasteiger partial charge in [-0.2, -0.15) is 0 Å². The lowest BCUT2D eigenvalue weighted by Gasteiger charge is -2.29. The summed E-state index contributed by atoms with van der Waals surface area (Å²) in [5, 5.41) is 23.8. The number of ether oxygens (including phenoxy) is 5. The van der Waals surface area contributed by atoms with Crippen molar-refractivity contribution in [3.8, 4) is 23.0 Å². The van der Waals surface area contributed by atoms with Crippen molar-refractivity contribution >= 4 is 43.2 Å². The average molecular weight is 1090 g/mol. The molecule has 2 saturated heterocycles. The molecule has 69 heavy (non-hydrogen) atoms. The van der Waals surface area contributed by atoms with Gasteiger partial charge >= 0.3 is 0 Å². The van der Waals surface area contributed by atoms with Crippen LogP contribution in [0.4, 0.5) is 28.9 Å². The fourth-order valence-electron chi connectivity index (χ4n) is 6.66. The molecule has 2 heterocycles. The lowest BCUT2D eigenvalue weighted by atomic mass is 10.2. The molecule has 2 aliphatic rings. The van der Waals surface area contributed by atoms with Crippen LogP contribution >= 0.6 is 31.9 Å². The Morgan fingerprint density at radius 1 is 0.464 bits per heavy atom. The highest BCUT2D eigenvalue weighted by Gasteiger charge is 2.16. The van der Waals surface area contributed by atoms with Crippen molar-refractivity contribution in [3.63, 3.8) is 0 Å². The molecule has 370 valence electrons. The Hall–Kier alpha value is -5.40. The molecule has 0 amide bonds. The molecule has 17 heteroatoms. The minimum absolute atomic E-state index is 0.0595. The second kappa shape index (κ2) is 31.0. The van der Waals surface area contributed by atoms with E-state index >= 15 is 0 Å². The lowest BCUT2D eigenvalue weighted by Crippen LogP contribution is -2.43. The average Bonchev–Trinajstić information content (AvgIpc) is 3.37. The SMILES string of the molecule is Fc1cc(OCCOCc2ccccc2)ccc1Br.Fc1cc(OCCOCc2ccccc2)ccc1N1CCNCC1.OCCOc1ccc(N2CCNCC2)c(F)c1.Oc1ccc(Br)c(F)c1. The number of phenols is 1. The topological polar surface area (TPSA) is 117 Å². The molecule has 0 spiro atoms. The number of rotatable bonds is 17. The van der Waals surface area contributed by atoms with Gasteiger partial charge in [-0.15, -0.1) is 0 Å². The van der Waals surface area contributed by atoms with Crippen molar-refractivity contribution in [2.45, 2.75) is 13.2 Å². The molecular weight excluding hydrogens is 1030 g/mol. The zero-order valence-electron chi connectivity index (χ0n) is 38.1. The zero-order chi connectivity index (χ0) is 49.1. The van der Waals surface area contributed by atoms with Gasteiger partial charge in [0.1, 0.15) is 66.1 Å². The number of hydrogen-bond acceptors (Lipinski definition) is 11. The molecule has 2 aliphatic heterocycles. The van der Waals surface area contributed by atoms with Crippen LogP contribution < -0.4 is 34.6 Å². The number of anilines is 2. The molecular formula is C52H58Br2F4N4O7. The maximum absolute atomic E-state index is 14.3. The first-order chi connectivity index (χ1) is 33.6. The first-order valence-corrected chi connectivity index (χ1v) is 24.0. The number of benzene rings is 6. The van der Waals surface area contributed by atoms with E-state index in [2.05, 4.69) is 47.4 Å². The van der Waals surface area contributed by atoms with Crippen molar-refractivity contribution in [2.75, 3.05) is 102 Å². The van der Waals surface area contributed by atoms with Crippen LogP contribution in [0.2, 0.25) is 0 Å². The summed E-state index contributed by atoms with van der Waals surface area (Å²) < 4.78 is 81.6. The molecule has 4 N–H and O–H groups in total. The van der Waals surface area contributed by atoms with Gasteiger partial charge in [0.2, 0.25) is 0 Å². The van der Waals surface area contributed by atoms with Crippen LogP contribution in [0.3, 0.4) is 0 Å². The maximum Gasteiger partial charge on any atom is 0.150 e. The van der Waals surface area contributed by atoms with E-state index in [1.54, 1.807) is 30.3 Å². The summed E-state index contributed by atoms with van der Waals surface area (Å²) >= 11 is 6.04. The monoisotopic (exact) mass is 1080 g/mol. The maximum atomic E-state index is 14.3. The molecule has 11 nitrogen and oxygen atoms in total. The van der Waals surface area contributed by atoms with Crippen LogP contribution in [-0.4, -0.2) is 102 Å². The van der Waals surface area contributed by atoms with E-state index in [0.717, 1.165) is 69.6 Å². The smallest absolute Gasteiger partial charge is 0.150 e. The van der Waals surface area contributed by atoms with Gasteiger partial charge in [-0.25, -0.2) is 17.6 Å². The quantitative estimate of drug-likeness (QED) is 0.0517. The summed E-state index contributed by atoms with van der Waals surface area (Å²) in [6.45, 7) is 9.76. The molecule has 6 aromatic rings. The number of aliphatic hydroxyl groups excluding tert-OH is 1. The number of nitrogens with one attached hydrogen (secondary N) is 2. The van der Waals surface area contributed by atoms with E-state index in [4.69, 9.17) is 33.9 Å². The van der Waals surface area contributed by atoms with Gasteiger partial charge in [0.15, 0.2) is 0 Å². The third kappa shape index (κ3) is 20.2. The number of hydrogen-bond donors (Lipinski definition) is 4. The van der Waals surface area contributed by atoms with E-state index in [9.17, 15) is 17.6 Å². The minimum atomic E-state index is -0.449. The van der Waals surface area contributed by atoms with Gasteiger partial charge in [-0.3, -0.25) is 0 Å². The Balaban J connectivity index is 0.000000179. The third-order valence-corrected chi connectivity index (χ3v) is 11.4. The molecule has 0 bridgehead atoms. The molecule has 6 aromatic carbocycles. The highest BCUT2D eigenvalue weighted by Crippen LogP contribution is 2.26. The van der Waals surface area contributed by atoms with Crippen LogP contribution in [0.15, 0.2) is 142 Å². The largest absolute Gasteiger partial charge is 0.508 e. The summed E-state index contributed by atoms with van der Waals surface area (Å²) in [6, 6.07) is 38.4. The highest BCUT2D eigenvalue weighted by molar-refractivity contribution is 9.10. The fourth-order valence-corrected chi connectivity index (χ4v) is 7.15. The van der Waals surface area contributed by atoms with Crippen molar-refractivity contribution < 1.29 is 51.5 Å². The van der Waals surface area contributed by atoms with E-state index in [1.165, 1.54) is 30.3 Å². The van der Waals surface area contributed by atoms with E-state index in [-0.39, 0.29) is 36.4 Å². The third-order valence-electron chi connectivity index (χ3n) is 10.1. The van der Waals surface area contributed by atoms with Crippen molar-refractivity contribution in [1.29, 1.82) is 0 Å². The Morgan fingerprint density at radius 3 is 1.25 bits per heavy atom. The van der Waals surface area contributed by atoms with Crippen molar-refractivity contribution in [3.05, 3.63) is 177 Å². The number of aromatic hydroxyl groups is 1.